The van der Waals surface area contributed by atoms with Gasteiger partial charge in [0.05, 0.1) is 17.1 Å². The zero-order chi connectivity index (χ0) is 18.7. The molecule has 0 heterocycles. The predicted octanol–water partition coefficient (Wildman–Crippen LogP) is 4.84. The summed E-state index contributed by atoms with van der Waals surface area (Å²) in [7, 11) is -3.83. The van der Waals surface area contributed by atoms with E-state index in [-0.39, 0.29) is 11.4 Å². The SMILES string of the molecule is Cc1ccc(N(Cc2ccccc2F)S(=O)(=O)c2ccccc2)cc1C. The molecule has 0 aliphatic heterocycles. The summed E-state index contributed by atoms with van der Waals surface area (Å²) in [4.78, 5) is 0.176. The van der Waals surface area contributed by atoms with Crippen molar-refractivity contribution in [2.24, 2.45) is 0 Å². The largest absolute Gasteiger partial charge is 0.264 e. The van der Waals surface area contributed by atoms with Crippen molar-refractivity contribution in [3.8, 4) is 0 Å². The third kappa shape index (κ3) is 3.63. The predicted molar refractivity (Wildman–Crippen MR) is 102 cm³/mol. The third-order valence-corrected chi connectivity index (χ3v) is 6.17. The van der Waals surface area contributed by atoms with Crippen molar-refractivity contribution in [3.05, 3.63) is 95.3 Å². The summed E-state index contributed by atoms with van der Waals surface area (Å²) in [5, 5.41) is 0. The van der Waals surface area contributed by atoms with Crippen LogP contribution in [0, 0.1) is 19.7 Å². The number of sulfonamides is 1. The fourth-order valence-corrected chi connectivity index (χ4v) is 4.15. The van der Waals surface area contributed by atoms with Gasteiger partial charge in [0.25, 0.3) is 10.0 Å². The molecule has 0 fully saturated rings. The molecule has 0 saturated heterocycles. The average Bonchev–Trinajstić information content (AvgIpc) is 2.64. The summed E-state index contributed by atoms with van der Waals surface area (Å²) in [5.74, 6) is -0.426. The number of nitrogens with zero attached hydrogens (tertiary/aromatic N) is 1. The van der Waals surface area contributed by atoms with Crippen LogP contribution in [0.15, 0.2) is 77.7 Å². The highest BCUT2D eigenvalue weighted by Gasteiger charge is 2.26. The highest BCUT2D eigenvalue weighted by Crippen LogP contribution is 2.28. The van der Waals surface area contributed by atoms with Gasteiger partial charge in [0.15, 0.2) is 0 Å². The van der Waals surface area contributed by atoms with Gasteiger partial charge in [-0.2, -0.15) is 0 Å². The zero-order valence-corrected chi connectivity index (χ0v) is 15.5. The third-order valence-electron chi connectivity index (χ3n) is 4.38. The molecule has 134 valence electrons. The summed E-state index contributed by atoms with van der Waals surface area (Å²) in [5.41, 5.74) is 2.88. The average molecular weight is 369 g/mol. The lowest BCUT2D eigenvalue weighted by Crippen LogP contribution is -2.31. The topological polar surface area (TPSA) is 37.4 Å². The first kappa shape index (κ1) is 18.1. The van der Waals surface area contributed by atoms with Crippen LogP contribution < -0.4 is 4.31 Å². The summed E-state index contributed by atoms with van der Waals surface area (Å²) >= 11 is 0. The van der Waals surface area contributed by atoms with E-state index in [2.05, 4.69) is 0 Å². The van der Waals surface area contributed by atoms with Crippen LogP contribution in [0.25, 0.3) is 0 Å². The molecule has 5 heteroatoms. The van der Waals surface area contributed by atoms with E-state index in [0.29, 0.717) is 11.3 Å². The highest BCUT2D eigenvalue weighted by molar-refractivity contribution is 7.92. The normalized spacial score (nSPS) is 11.3. The Balaban J connectivity index is 2.13. The molecule has 0 aliphatic rings. The van der Waals surface area contributed by atoms with E-state index in [1.807, 2.05) is 26.0 Å². The second-order valence-corrected chi connectivity index (χ2v) is 8.05. The van der Waals surface area contributed by atoms with Crippen LogP contribution in [-0.2, 0) is 16.6 Å². The molecule has 0 spiro atoms. The summed E-state index contributed by atoms with van der Waals surface area (Å²) in [6.45, 7) is 3.81. The zero-order valence-electron chi connectivity index (χ0n) is 14.7. The first-order valence-corrected chi connectivity index (χ1v) is 9.72. The lowest BCUT2D eigenvalue weighted by atomic mass is 10.1. The first-order chi connectivity index (χ1) is 12.4. The van der Waals surface area contributed by atoms with Gasteiger partial charge in [-0.1, -0.05) is 42.5 Å². The number of anilines is 1. The quantitative estimate of drug-likeness (QED) is 0.645. The summed E-state index contributed by atoms with van der Waals surface area (Å²) in [6.07, 6.45) is 0. The molecular weight excluding hydrogens is 349 g/mol. The number of halogens is 1. The van der Waals surface area contributed by atoms with E-state index in [1.165, 1.54) is 10.4 Å². The minimum absolute atomic E-state index is 0.0770. The number of hydrogen-bond donors (Lipinski definition) is 0. The van der Waals surface area contributed by atoms with E-state index in [0.717, 1.165) is 11.1 Å². The number of rotatable bonds is 5. The second-order valence-electron chi connectivity index (χ2n) is 6.18. The minimum Gasteiger partial charge on any atom is -0.262 e. The lowest BCUT2D eigenvalue weighted by Gasteiger charge is -2.25. The van der Waals surface area contributed by atoms with Crippen molar-refractivity contribution in [1.82, 2.24) is 0 Å². The molecule has 0 N–H and O–H groups in total. The maximum Gasteiger partial charge on any atom is 0.264 e. The van der Waals surface area contributed by atoms with Crippen LogP contribution in [0.5, 0.6) is 0 Å². The molecule has 0 aromatic heterocycles. The van der Waals surface area contributed by atoms with E-state index in [4.69, 9.17) is 0 Å². The van der Waals surface area contributed by atoms with Crippen LogP contribution in [-0.4, -0.2) is 8.42 Å². The molecule has 3 aromatic rings. The number of aryl methyl sites for hydroxylation is 2. The molecule has 26 heavy (non-hydrogen) atoms. The Morgan fingerprint density at radius 3 is 2.15 bits per heavy atom. The van der Waals surface area contributed by atoms with Crippen LogP contribution >= 0.6 is 0 Å². The number of benzene rings is 3. The van der Waals surface area contributed by atoms with Gasteiger partial charge in [-0.3, -0.25) is 4.31 Å². The maximum atomic E-state index is 14.2. The van der Waals surface area contributed by atoms with Gasteiger partial charge in [-0.25, -0.2) is 12.8 Å². The van der Waals surface area contributed by atoms with E-state index in [1.54, 1.807) is 54.6 Å². The Morgan fingerprint density at radius 2 is 1.50 bits per heavy atom. The van der Waals surface area contributed by atoms with Gasteiger partial charge in [0, 0.05) is 5.56 Å². The minimum atomic E-state index is -3.83. The molecule has 3 aromatic carbocycles. The molecular formula is C21H20FNO2S. The molecule has 0 radical (unpaired) electrons. The molecule has 3 nitrogen and oxygen atoms in total. The van der Waals surface area contributed by atoms with Crippen molar-refractivity contribution in [3.63, 3.8) is 0 Å². The van der Waals surface area contributed by atoms with Crippen molar-refractivity contribution in [2.45, 2.75) is 25.3 Å². The Kier molecular flexibility index (Phi) is 5.09. The Bertz CT molecular complexity index is 1020. The standard InChI is InChI=1S/C21H20FNO2S/c1-16-12-13-19(14-17(16)2)23(15-18-8-6-7-11-21(18)22)26(24,25)20-9-4-3-5-10-20/h3-14H,15H2,1-2H3. The monoisotopic (exact) mass is 369 g/mol. The molecule has 0 atom stereocenters. The van der Waals surface area contributed by atoms with Gasteiger partial charge in [0.2, 0.25) is 0 Å². The smallest absolute Gasteiger partial charge is 0.262 e. The van der Waals surface area contributed by atoms with Gasteiger partial charge in [-0.05, 0) is 55.3 Å². The molecule has 3 rings (SSSR count). The van der Waals surface area contributed by atoms with Crippen molar-refractivity contribution in [1.29, 1.82) is 0 Å². The molecule has 0 unspecified atom stereocenters. The molecule has 0 bridgehead atoms. The van der Waals surface area contributed by atoms with Crippen LogP contribution in [0.4, 0.5) is 10.1 Å². The summed E-state index contributed by atoms with van der Waals surface area (Å²) < 4.78 is 41.9. The Morgan fingerprint density at radius 1 is 0.846 bits per heavy atom. The fraction of sp³-hybridized carbons (Fsp3) is 0.143. The van der Waals surface area contributed by atoms with Crippen molar-refractivity contribution in [2.75, 3.05) is 4.31 Å². The Hall–Kier alpha value is -2.66. The van der Waals surface area contributed by atoms with E-state index >= 15 is 0 Å². The molecule has 0 saturated carbocycles. The van der Waals surface area contributed by atoms with Crippen molar-refractivity contribution < 1.29 is 12.8 Å². The van der Waals surface area contributed by atoms with E-state index < -0.39 is 15.8 Å². The molecule has 0 aliphatic carbocycles. The first-order valence-electron chi connectivity index (χ1n) is 8.28. The van der Waals surface area contributed by atoms with Crippen LogP contribution in [0.1, 0.15) is 16.7 Å². The lowest BCUT2D eigenvalue weighted by molar-refractivity contribution is 0.585. The number of hydrogen-bond acceptors (Lipinski definition) is 2. The van der Waals surface area contributed by atoms with Gasteiger partial charge in [0.1, 0.15) is 5.82 Å². The molecule has 0 amide bonds. The highest BCUT2D eigenvalue weighted by atomic mass is 32.2. The summed E-state index contributed by atoms with van der Waals surface area (Å²) in [6, 6.07) is 19.9. The van der Waals surface area contributed by atoms with Gasteiger partial charge in [-0.15, -0.1) is 0 Å². The maximum absolute atomic E-state index is 14.2. The van der Waals surface area contributed by atoms with Gasteiger partial charge >= 0.3 is 0 Å². The fourth-order valence-electron chi connectivity index (χ4n) is 2.70. The van der Waals surface area contributed by atoms with Crippen LogP contribution in [0.2, 0.25) is 0 Å². The van der Waals surface area contributed by atoms with Gasteiger partial charge < -0.3 is 0 Å². The van der Waals surface area contributed by atoms with E-state index in [9.17, 15) is 12.8 Å². The van der Waals surface area contributed by atoms with Crippen molar-refractivity contribution >= 4 is 15.7 Å². The van der Waals surface area contributed by atoms with Crippen LogP contribution in [0.3, 0.4) is 0 Å². The second kappa shape index (κ2) is 7.30. The Labute approximate surface area is 153 Å².